The van der Waals surface area contributed by atoms with Gasteiger partial charge in [-0.2, -0.15) is 0 Å². The number of carbonyl (C=O) groups is 1. The second-order valence-corrected chi connectivity index (χ2v) is 6.22. The fourth-order valence-electron chi connectivity index (χ4n) is 3.03. The van der Waals surface area contributed by atoms with Crippen LogP contribution in [-0.2, 0) is 6.42 Å². The highest BCUT2D eigenvalue weighted by Gasteiger charge is 2.18. The van der Waals surface area contributed by atoms with E-state index in [9.17, 15) is 14.7 Å². The Bertz CT molecular complexity index is 545. The van der Waals surface area contributed by atoms with Crippen LogP contribution in [0.4, 0.5) is 0 Å². The van der Waals surface area contributed by atoms with Crippen molar-refractivity contribution in [1.29, 1.82) is 0 Å². The highest BCUT2D eigenvalue weighted by Crippen LogP contribution is 2.20. The molecule has 1 aromatic rings. The number of aromatic hydroxyl groups is 1. The van der Waals surface area contributed by atoms with E-state index in [-0.39, 0.29) is 17.1 Å². The van der Waals surface area contributed by atoms with E-state index in [1.165, 1.54) is 38.2 Å². The minimum atomic E-state index is -0.690. The van der Waals surface area contributed by atoms with E-state index in [0.717, 1.165) is 32.1 Å². The lowest BCUT2D eigenvalue weighted by Gasteiger charge is -2.05. The summed E-state index contributed by atoms with van der Waals surface area (Å²) in [5, 5.41) is 9.98. The smallest absolute Gasteiger partial charge is 0.350 e. The van der Waals surface area contributed by atoms with Gasteiger partial charge in [-0.05, 0) is 12.8 Å². The van der Waals surface area contributed by atoms with Gasteiger partial charge >= 0.3 is 5.63 Å². The summed E-state index contributed by atoms with van der Waals surface area (Å²) >= 11 is 0. The number of Topliss-reactive ketones (excluding diaryl/α,β-unsaturated/α-hetero) is 1. The van der Waals surface area contributed by atoms with E-state index in [2.05, 4.69) is 0 Å². The summed E-state index contributed by atoms with van der Waals surface area (Å²) in [5.41, 5.74) is -0.864. The second-order valence-electron chi connectivity index (χ2n) is 6.22. The van der Waals surface area contributed by atoms with Gasteiger partial charge in [0.25, 0.3) is 0 Å². The third kappa shape index (κ3) is 5.00. The number of rotatable bonds is 0. The molecule has 0 spiro atoms. The summed E-state index contributed by atoms with van der Waals surface area (Å²) in [7, 11) is 0. The number of carbonyl (C=O) groups excluding carboxylic acids is 1. The maximum absolute atomic E-state index is 12.1. The normalized spacial score (nSPS) is 19.0. The standard InChI is InChI=1S/C18H26O4/c19-15-12-10-8-6-4-2-1-3-5-7-9-11-14-13-16(20)17(15)18(21)22-14/h13,20H,1-12H2. The van der Waals surface area contributed by atoms with Gasteiger partial charge in [0.15, 0.2) is 5.78 Å². The maximum Gasteiger partial charge on any atom is 0.350 e. The molecule has 0 saturated heterocycles. The minimum absolute atomic E-state index is 0.173. The number of fused-ring (bicyclic) bond motifs is 14. The molecule has 4 nitrogen and oxygen atoms in total. The summed E-state index contributed by atoms with van der Waals surface area (Å²) in [6.45, 7) is 0. The average Bonchev–Trinajstić information content (AvgIpc) is 2.47. The molecule has 1 aliphatic carbocycles. The zero-order chi connectivity index (χ0) is 15.8. The molecular weight excluding hydrogens is 280 g/mol. The Morgan fingerprint density at radius 3 is 1.82 bits per heavy atom. The van der Waals surface area contributed by atoms with Gasteiger partial charge in [0.1, 0.15) is 17.1 Å². The fraction of sp³-hybridized carbons (Fsp3) is 0.667. The van der Waals surface area contributed by atoms with Crippen molar-refractivity contribution in [1.82, 2.24) is 0 Å². The summed E-state index contributed by atoms with van der Waals surface area (Å²) in [4.78, 5) is 24.0. The van der Waals surface area contributed by atoms with E-state index in [4.69, 9.17) is 4.42 Å². The molecule has 0 unspecified atom stereocenters. The molecule has 2 aliphatic rings. The van der Waals surface area contributed by atoms with Crippen molar-refractivity contribution in [3.63, 3.8) is 0 Å². The molecular formula is C18H26O4. The molecule has 3 rings (SSSR count). The van der Waals surface area contributed by atoms with E-state index in [1.54, 1.807) is 0 Å². The van der Waals surface area contributed by atoms with Crippen LogP contribution in [0.5, 0.6) is 5.75 Å². The lowest BCUT2D eigenvalue weighted by atomic mass is 10.0. The highest BCUT2D eigenvalue weighted by molar-refractivity contribution is 5.97. The molecule has 0 atom stereocenters. The zero-order valence-electron chi connectivity index (χ0n) is 13.2. The van der Waals surface area contributed by atoms with Crippen LogP contribution < -0.4 is 5.63 Å². The van der Waals surface area contributed by atoms with E-state index < -0.39 is 5.63 Å². The van der Waals surface area contributed by atoms with Gasteiger partial charge in [-0.25, -0.2) is 4.79 Å². The highest BCUT2D eigenvalue weighted by atomic mass is 16.4. The maximum atomic E-state index is 12.1. The molecule has 1 aromatic heterocycles. The first kappa shape index (κ1) is 16.8. The molecule has 1 aliphatic heterocycles. The Labute approximate surface area is 131 Å². The number of hydrogen-bond acceptors (Lipinski definition) is 4. The molecule has 2 bridgehead atoms. The molecule has 0 amide bonds. The van der Waals surface area contributed by atoms with Crippen molar-refractivity contribution in [3.8, 4) is 5.75 Å². The molecule has 122 valence electrons. The number of ketones is 1. The van der Waals surface area contributed by atoms with Crippen LogP contribution in [0.3, 0.4) is 0 Å². The zero-order valence-corrected chi connectivity index (χ0v) is 13.2. The Morgan fingerprint density at radius 2 is 1.27 bits per heavy atom. The summed E-state index contributed by atoms with van der Waals surface area (Å²) < 4.78 is 5.20. The number of aryl methyl sites for hydroxylation is 1. The molecule has 22 heavy (non-hydrogen) atoms. The van der Waals surface area contributed by atoms with Gasteiger partial charge < -0.3 is 9.52 Å². The van der Waals surface area contributed by atoms with Crippen molar-refractivity contribution in [2.24, 2.45) is 0 Å². The largest absolute Gasteiger partial charge is 0.507 e. The van der Waals surface area contributed by atoms with Crippen LogP contribution in [0, 0.1) is 0 Å². The fourth-order valence-corrected chi connectivity index (χ4v) is 3.03. The van der Waals surface area contributed by atoms with Gasteiger partial charge in [-0.15, -0.1) is 0 Å². The van der Waals surface area contributed by atoms with E-state index >= 15 is 0 Å². The summed E-state index contributed by atoms with van der Waals surface area (Å²) in [5.74, 6) is -0.0500. The van der Waals surface area contributed by atoms with Crippen LogP contribution in [-0.4, -0.2) is 10.9 Å². The first-order chi connectivity index (χ1) is 10.7. The second kappa shape index (κ2) is 8.76. The van der Waals surface area contributed by atoms with Crippen LogP contribution >= 0.6 is 0 Å². The quantitative estimate of drug-likeness (QED) is 0.772. The van der Waals surface area contributed by atoms with Crippen LogP contribution in [0.2, 0.25) is 0 Å². The topological polar surface area (TPSA) is 67.5 Å². The Balaban J connectivity index is 2.09. The van der Waals surface area contributed by atoms with Crippen LogP contribution in [0.25, 0.3) is 0 Å². The Morgan fingerprint density at radius 1 is 0.773 bits per heavy atom. The first-order valence-corrected chi connectivity index (χ1v) is 8.57. The third-order valence-corrected chi connectivity index (χ3v) is 4.34. The summed E-state index contributed by atoms with van der Waals surface area (Å²) in [6, 6.07) is 1.44. The van der Waals surface area contributed by atoms with Crippen molar-refractivity contribution in [2.45, 2.75) is 77.0 Å². The predicted octanol–water partition coefficient (Wildman–Crippen LogP) is 4.38. The van der Waals surface area contributed by atoms with Crippen molar-refractivity contribution < 1.29 is 14.3 Å². The van der Waals surface area contributed by atoms with Crippen molar-refractivity contribution in [2.75, 3.05) is 0 Å². The van der Waals surface area contributed by atoms with E-state index in [1.807, 2.05) is 0 Å². The lowest BCUT2D eigenvalue weighted by molar-refractivity contribution is 0.0972. The van der Waals surface area contributed by atoms with Crippen LogP contribution in [0.15, 0.2) is 15.3 Å². The van der Waals surface area contributed by atoms with E-state index in [0.29, 0.717) is 18.6 Å². The average molecular weight is 306 g/mol. The van der Waals surface area contributed by atoms with Gasteiger partial charge in [-0.1, -0.05) is 51.4 Å². The minimum Gasteiger partial charge on any atom is -0.507 e. The monoisotopic (exact) mass is 306 g/mol. The van der Waals surface area contributed by atoms with Gasteiger partial charge in [0.2, 0.25) is 0 Å². The molecule has 4 heteroatoms. The molecule has 2 heterocycles. The SMILES string of the molecule is O=C1CCCCCCCCCCCCc2cc(O)c1c(=O)o2. The first-order valence-electron chi connectivity index (χ1n) is 8.57. The third-order valence-electron chi connectivity index (χ3n) is 4.34. The number of hydrogen-bond donors (Lipinski definition) is 1. The van der Waals surface area contributed by atoms with Gasteiger partial charge in [0, 0.05) is 18.9 Å². The molecule has 0 aromatic carbocycles. The lowest BCUT2D eigenvalue weighted by Crippen LogP contribution is -2.15. The predicted molar refractivity (Wildman–Crippen MR) is 85.5 cm³/mol. The molecule has 0 radical (unpaired) electrons. The Kier molecular flexibility index (Phi) is 6.69. The summed E-state index contributed by atoms with van der Waals surface area (Å²) in [6.07, 6.45) is 12.1. The molecule has 0 saturated carbocycles. The Hall–Kier alpha value is -1.58. The molecule has 1 N–H and O–H groups in total. The van der Waals surface area contributed by atoms with Crippen molar-refractivity contribution in [3.05, 3.63) is 27.8 Å². The van der Waals surface area contributed by atoms with Crippen LogP contribution in [0.1, 0.15) is 86.7 Å². The van der Waals surface area contributed by atoms with Gasteiger partial charge in [-0.3, -0.25) is 4.79 Å². The van der Waals surface area contributed by atoms with Crippen molar-refractivity contribution >= 4 is 5.78 Å². The van der Waals surface area contributed by atoms with Gasteiger partial charge in [0.05, 0.1) is 0 Å². The molecule has 0 fully saturated rings.